The van der Waals surface area contributed by atoms with Crippen LogP contribution in [0.15, 0.2) is 53.5 Å². The molecule has 8 heteroatoms. The van der Waals surface area contributed by atoms with E-state index in [4.69, 9.17) is 16.3 Å². The van der Waals surface area contributed by atoms with Gasteiger partial charge in [0.15, 0.2) is 11.8 Å². The molecule has 29 heavy (non-hydrogen) atoms. The maximum atomic E-state index is 6.08. The molecule has 0 amide bonds. The number of nitrogens with zero attached hydrogens (tertiary/aromatic N) is 4. The highest BCUT2D eigenvalue weighted by Crippen LogP contribution is 2.12. The lowest BCUT2D eigenvalue weighted by Gasteiger charge is -2.13. The first-order chi connectivity index (χ1) is 14.0. The van der Waals surface area contributed by atoms with E-state index in [2.05, 4.69) is 25.8 Å². The van der Waals surface area contributed by atoms with Gasteiger partial charge in [-0.1, -0.05) is 35.9 Å². The summed E-state index contributed by atoms with van der Waals surface area (Å²) in [7, 11) is 3.60. The molecule has 7 nitrogen and oxygen atoms in total. The molecule has 1 aromatic heterocycles. The Balaban J connectivity index is 1.68. The van der Waals surface area contributed by atoms with Gasteiger partial charge in [0, 0.05) is 18.6 Å². The van der Waals surface area contributed by atoms with Crippen molar-refractivity contribution in [3.8, 4) is 5.75 Å². The maximum Gasteiger partial charge on any atom is 0.192 e. The van der Waals surface area contributed by atoms with Crippen LogP contribution in [0.5, 0.6) is 5.75 Å². The van der Waals surface area contributed by atoms with Crippen LogP contribution < -0.4 is 15.4 Å². The molecule has 0 aliphatic heterocycles. The Bertz CT molecular complexity index is 968. The van der Waals surface area contributed by atoms with Crippen molar-refractivity contribution in [3.63, 3.8) is 0 Å². The molecule has 0 unspecified atom stereocenters. The molecule has 0 bridgehead atoms. The van der Waals surface area contributed by atoms with Crippen LogP contribution in [0.4, 0.5) is 0 Å². The molecular formula is C21H25ClN6O. The van der Waals surface area contributed by atoms with Gasteiger partial charge in [-0.25, -0.2) is 4.99 Å². The van der Waals surface area contributed by atoms with Crippen molar-refractivity contribution in [2.45, 2.75) is 26.6 Å². The highest BCUT2D eigenvalue weighted by molar-refractivity contribution is 6.30. The van der Waals surface area contributed by atoms with E-state index in [0.717, 1.165) is 28.5 Å². The smallest absolute Gasteiger partial charge is 0.192 e. The van der Waals surface area contributed by atoms with Crippen LogP contribution in [0.25, 0.3) is 0 Å². The summed E-state index contributed by atoms with van der Waals surface area (Å²) in [5, 5.41) is 15.7. The zero-order chi connectivity index (χ0) is 20.6. The standard InChI is InChI=1S/C21H25ClN6O/c1-15-26-27-20(28(15)2)14-25-21(24-13-17-5-4-6-18(22)11-17)23-12-16-7-9-19(29-3)10-8-16/h4-11H,12-14H2,1-3H3,(H2,23,24,25). The monoisotopic (exact) mass is 412 g/mol. The van der Waals surface area contributed by atoms with Gasteiger partial charge < -0.3 is 19.9 Å². The van der Waals surface area contributed by atoms with Gasteiger partial charge in [-0.05, 0) is 42.3 Å². The van der Waals surface area contributed by atoms with Gasteiger partial charge in [0.05, 0.1) is 20.2 Å². The molecule has 2 N–H and O–H groups in total. The average Bonchev–Trinajstić information content (AvgIpc) is 3.06. The Labute approximate surface area is 175 Å². The number of hydrogen-bond donors (Lipinski definition) is 2. The Morgan fingerprint density at radius 2 is 1.83 bits per heavy atom. The fourth-order valence-electron chi connectivity index (χ4n) is 2.68. The number of rotatable bonds is 7. The van der Waals surface area contributed by atoms with E-state index in [1.165, 1.54) is 0 Å². The Morgan fingerprint density at radius 1 is 1.07 bits per heavy atom. The van der Waals surface area contributed by atoms with E-state index in [0.29, 0.717) is 30.6 Å². The molecule has 3 aromatic rings. The van der Waals surface area contributed by atoms with Gasteiger partial charge in [-0.15, -0.1) is 10.2 Å². The normalized spacial score (nSPS) is 11.4. The number of aromatic nitrogens is 3. The number of aryl methyl sites for hydroxylation is 1. The molecule has 0 aliphatic carbocycles. The Morgan fingerprint density at radius 3 is 2.48 bits per heavy atom. The molecule has 0 atom stereocenters. The molecule has 0 fully saturated rings. The molecule has 0 radical (unpaired) electrons. The van der Waals surface area contributed by atoms with E-state index in [9.17, 15) is 0 Å². The number of nitrogens with one attached hydrogen (secondary N) is 2. The summed E-state index contributed by atoms with van der Waals surface area (Å²) in [5.74, 6) is 3.22. The molecule has 1 heterocycles. The lowest BCUT2D eigenvalue weighted by atomic mass is 10.2. The second-order valence-corrected chi connectivity index (χ2v) is 7.01. The third-order valence-electron chi connectivity index (χ3n) is 4.52. The Hall–Kier alpha value is -3.06. The highest BCUT2D eigenvalue weighted by Gasteiger charge is 2.07. The fourth-order valence-corrected chi connectivity index (χ4v) is 2.89. The number of methoxy groups -OCH3 is 1. The fraction of sp³-hybridized carbons (Fsp3) is 0.286. The van der Waals surface area contributed by atoms with E-state index < -0.39 is 0 Å². The summed E-state index contributed by atoms with van der Waals surface area (Å²) in [5.41, 5.74) is 2.16. The average molecular weight is 413 g/mol. The number of hydrogen-bond acceptors (Lipinski definition) is 4. The number of guanidine groups is 1. The topological polar surface area (TPSA) is 76.4 Å². The van der Waals surface area contributed by atoms with Gasteiger partial charge in [-0.3, -0.25) is 0 Å². The van der Waals surface area contributed by atoms with E-state index in [1.807, 2.05) is 67.1 Å². The molecular weight excluding hydrogens is 388 g/mol. The minimum atomic E-state index is 0.510. The molecule has 2 aromatic carbocycles. The van der Waals surface area contributed by atoms with E-state index in [1.54, 1.807) is 7.11 Å². The van der Waals surface area contributed by atoms with Crippen LogP contribution in [-0.2, 0) is 26.7 Å². The lowest BCUT2D eigenvalue weighted by Crippen LogP contribution is -2.37. The van der Waals surface area contributed by atoms with Gasteiger partial charge in [0.2, 0.25) is 0 Å². The van der Waals surface area contributed by atoms with E-state index >= 15 is 0 Å². The van der Waals surface area contributed by atoms with Crippen molar-refractivity contribution in [2.24, 2.45) is 12.0 Å². The van der Waals surface area contributed by atoms with Crippen molar-refractivity contribution >= 4 is 17.6 Å². The summed E-state index contributed by atoms with van der Waals surface area (Å²) in [6.45, 7) is 3.58. The third-order valence-corrected chi connectivity index (χ3v) is 4.76. The predicted octanol–water partition coefficient (Wildman–Crippen LogP) is 3.22. The SMILES string of the molecule is COc1ccc(CNC(=NCc2cccc(Cl)c2)NCc2nnc(C)n2C)cc1. The first kappa shape index (κ1) is 20.7. The van der Waals surface area contributed by atoms with Crippen molar-refractivity contribution < 1.29 is 4.74 Å². The minimum absolute atomic E-state index is 0.510. The van der Waals surface area contributed by atoms with Gasteiger partial charge in [0.25, 0.3) is 0 Å². The quantitative estimate of drug-likeness (QED) is 0.460. The van der Waals surface area contributed by atoms with E-state index in [-0.39, 0.29) is 0 Å². The predicted molar refractivity (Wildman–Crippen MR) is 115 cm³/mol. The first-order valence-corrected chi connectivity index (χ1v) is 9.67. The number of benzene rings is 2. The lowest BCUT2D eigenvalue weighted by molar-refractivity contribution is 0.414. The van der Waals surface area contributed by atoms with Crippen molar-refractivity contribution in [1.29, 1.82) is 0 Å². The Kier molecular flexibility index (Phi) is 7.08. The molecule has 3 rings (SSSR count). The zero-order valence-electron chi connectivity index (χ0n) is 16.8. The summed E-state index contributed by atoms with van der Waals surface area (Å²) in [4.78, 5) is 4.69. The first-order valence-electron chi connectivity index (χ1n) is 9.29. The van der Waals surface area contributed by atoms with Gasteiger partial charge >= 0.3 is 0 Å². The molecule has 0 saturated carbocycles. The number of ether oxygens (including phenoxy) is 1. The van der Waals surface area contributed by atoms with Crippen LogP contribution in [0.2, 0.25) is 5.02 Å². The summed E-state index contributed by atoms with van der Waals surface area (Å²) >= 11 is 6.08. The van der Waals surface area contributed by atoms with Crippen LogP contribution in [0.1, 0.15) is 22.8 Å². The summed E-state index contributed by atoms with van der Waals surface area (Å²) in [6, 6.07) is 15.6. The van der Waals surface area contributed by atoms with Crippen molar-refractivity contribution in [3.05, 3.63) is 76.3 Å². The van der Waals surface area contributed by atoms with Crippen LogP contribution in [-0.4, -0.2) is 27.8 Å². The summed E-state index contributed by atoms with van der Waals surface area (Å²) < 4.78 is 7.16. The number of aliphatic imine (C=N–C) groups is 1. The number of halogens is 1. The van der Waals surface area contributed by atoms with Crippen LogP contribution >= 0.6 is 11.6 Å². The van der Waals surface area contributed by atoms with Gasteiger partial charge in [0.1, 0.15) is 11.6 Å². The highest BCUT2D eigenvalue weighted by atomic mass is 35.5. The molecule has 0 aliphatic rings. The largest absolute Gasteiger partial charge is 0.497 e. The van der Waals surface area contributed by atoms with Crippen molar-refractivity contribution in [2.75, 3.05) is 7.11 Å². The molecule has 0 saturated heterocycles. The van der Waals surface area contributed by atoms with Crippen LogP contribution in [0, 0.1) is 6.92 Å². The third kappa shape index (κ3) is 5.96. The van der Waals surface area contributed by atoms with Crippen LogP contribution in [0.3, 0.4) is 0 Å². The molecule has 0 spiro atoms. The van der Waals surface area contributed by atoms with Gasteiger partial charge in [-0.2, -0.15) is 0 Å². The second-order valence-electron chi connectivity index (χ2n) is 6.57. The summed E-state index contributed by atoms with van der Waals surface area (Å²) in [6.07, 6.45) is 0. The maximum absolute atomic E-state index is 6.08. The second kappa shape index (κ2) is 9.93. The molecule has 152 valence electrons. The zero-order valence-corrected chi connectivity index (χ0v) is 17.6. The van der Waals surface area contributed by atoms with Crippen molar-refractivity contribution in [1.82, 2.24) is 25.4 Å². The minimum Gasteiger partial charge on any atom is -0.497 e.